The molecule has 1 aromatic rings. The summed E-state index contributed by atoms with van der Waals surface area (Å²) >= 11 is 5.02. The normalized spacial score (nSPS) is 15.8. The Morgan fingerprint density at radius 3 is 2.63 bits per heavy atom. The summed E-state index contributed by atoms with van der Waals surface area (Å²) in [5.74, 6) is -0.497. The molecule has 0 spiro atoms. The first-order valence-corrected chi connectivity index (χ1v) is 7.73. The molecule has 2 N–H and O–H groups in total. The van der Waals surface area contributed by atoms with Crippen LogP contribution in [0.2, 0.25) is 0 Å². The van der Waals surface area contributed by atoms with Gasteiger partial charge in [0.25, 0.3) is 0 Å². The molecule has 1 amide bonds. The van der Waals surface area contributed by atoms with E-state index in [0.717, 1.165) is 9.37 Å². The number of carbonyl (C=O) groups excluding carboxylic acids is 1. The lowest BCUT2D eigenvalue weighted by atomic mass is 10.2. The topological polar surface area (TPSA) is 66.4 Å². The quantitative estimate of drug-likeness (QED) is 0.779. The van der Waals surface area contributed by atoms with Gasteiger partial charge in [-0.2, -0.15) is 0 Å². The molecule has 0 heterocycles. The van der Waals surface area contributed by atoms with Gasteiger partial charge in [0.05, 0.1) is 0 Å². The second-order valence-electron chi connectivity index (χ2n) is 4.46. The van der Waals surface area contributed by atoms with E-state index in [1.165, 1.54) is 0 Å². The van der Waals surface area contributed by atoms with Gasteiger partial charge in [0.1, 0.15) is 5.54 Å². The minimum atomic E-state index is -0.977. The number of hydrogen-bond donors (Lipinski definition) is 2. The summed E-state index contributed by atoms with van der Waals surface area (Å²) in [4.78, 5) is 23.7. The Labute approximate surface area is 124 Å². The van der Waals surface area contributed by atoms with E-state index in [0.29, 0.717) is 25.0 Å². The SMILES string of the molecule is O=C(CCSc1ccccc1Br)NC1(C(=O)O)CC1. The molecule has 0 radical (unpaired) electrons. The van der Waals surface area contributed by atoms with E-state index >= 15 is 0 Å². The smallest absolute Gasteiger partial charge is 0.329 e. The summed E-state index contributed by atoms with van der Waals surface area (Å²) in [6, 6.07) is 7.81. The van der Waals surface area contributed by atoms with Crippen molar-refractivity contribution in [1.29, 1.82) is 0 Å². The van der Waals surface area contributed by atoms with Crippen LogP contribution in [0.5, 0.6) is 0 Å². The predicted octanol–water partition coefficient (Wildman–Crippen LogP) is 2.66. The van der Waals surface area contributed by atoms with Crippen LogP contribution in [0.4, 0.5) is 0 Å². The standard InChI is InChI=1S/C13H14BrNO3S/c14-9-3-1-2-4-10(9)19-8-5-11(16)15-13(6-7-13)12(17)18/h1-4H,5-8H2,(H,15,16)(H,17,18). The highest BCUT2D eigenvalue weighted by Crippen LogP contribution is 2.35. The fraction of sp³-hybridized carbons (Fsp3) is 0.385. The van der Waals surface area contributed by atoms with Gasteiger partial charge in [0.15, 0.2) is 0 Å². The molecule has 0 saturated heterocycles. The number of hydrogen-bond acceptors (Lipinski definition) is 3. The maximum absolute atomic E-state index is 11.7. The largest absolute Gasteiger partial charge is 0.480 e. The number of nitrogens with one attached hydrogen (secondary N) is 1. The highest BCUT2D eigenvalue weighted by Gasteiger charge is 2.51. The van der Waals surface area contributed by atoms with Gasteiger partial charge >= 0.3 is 5.97 Å². The zero-order valence-corrected chi connectivity index (χ0v) is 12.6. The Bertz CT molecular complexity index is 502. The van der Waals surface area contributed by atoms with Gasteiger partial charge in [-0.1, -0.05) is 12.1 Å². The van der Waals surface area contributed by atoms with Crippen molar-refractivity contribution < 1.29 is 14.7 Å². The molecule has 1 fully saturated rings. The third-order valence-electron chi connectivity index (χ3n) is 2.96. The highest BCUT2D eigenvalue weighted by atomic mass is 79.9. The number of carbonyl (C=O) groups is 2. The van der Waals surface area contributed by atoms with Crippen LogP contribution in [0.3, 0.4) is 0 Å². The molecular formula is C13H14BrNO3S. The van der Waals surface area contributed by atoms with Crippen LogP contribution < -0.4 is 5.32 Å². The molecule has 0 atom stereocenters. The maximum Gasteiger partial charge on any atom is 0.329 e. The third-order valence-corrected chi connectivity index (χ3v) is 4.99. The zero-order chi connectivity index (χ0) is 13.9. The molecular weight excluding hydrogens is 330 g/mol. The molecule has 0 bridgehead atoms. The van der Waals surface area contributed by atoms with E-state index in [2.05, 4.69) is 21.2 Å². The molecule has 0 aromatic heterocycles. The Kier molecular flexibility index (Phi) is 4.52. The molecule has 1 aliphatic rings. The average Bonchev–Trinajstić information content (AvgIpc) is 3.12. The average molecular weight is 344 g/mol. The van der Waals surface area contributed by atoms with Gasteiger partial charge in [-0.15, -0.1) is 11.8 Å². The number of carboxylic acid groups (broad SMARTS) is 1. The molecule has 0 aliphatic heterocycles. The van der Waals surface area contributed by atoms with Crippen molar-refractivity contribution in [3.05, 3.63) is 28.7 Å². The fourth-order valence-corrected chi connectivity index (χ4v) is 3.18. The lowest BCUT2D eigenvalue weighted by Gasteiger charge is -2.12. The number of benzene rings is 1. The summed E-state index contributed by atoms with van der Waals surface area (Å²) in [5, 5.41) is 11.6. The van der Waals surface area contributed by atoms with Crippen LogP contribution in [0.25, 0.3) is 0 Å². The Morgan fingerprint density at radius 2 is 2.05 bits per heavy atom. The van der Waals surface area contributed by atoms with Crippen LogP contribution in [-0.4, -0.2) is 28.3 Å². The van der Waals surface area contributed by atoms with Gasteiger partial charge in [0.2, 0.25) is 5.91 Å². The minimum absolute atomic E-state index is 0.195. The minimum Gasteiger partial charge on any atom is -0.480 e. The summed E-state index contributed by atoms with van der Waals surface area (Å²) in [6.07, 6.45) is 1.39. The van der Waals surface area contributed by atoms with E-state index in [-0.39, 0.29) is 5.91 Å². The van der Waals surface area contributed by atoms with Gasteiger partial charge in [-0.05, 0) is 40.9 Å². The van der Waals surface area contributed by atoms with Gasteiger partial charge in [0, 0.05) is 21.5 Å². The molecule has 102 valence electrons. The van der Waals surface area contributed by atoms with Gasteiger partial charge < -0.3 is 10.4 Å². The van der Waals surface area contributed by atoms with Crippen LogP contribution in [0.15, 0.2) is 33.6 Å². The van der Waals surface area contributed by atoms with E-state index in [4.69, 9.17) is 5.11 Å². The predicted molar refractivity (Wildman–Crippen MR) is 77.2 cm³/mol. The molecule has 4 nitrogen and oxygen atoms in total. The van der Waals surface area contributed by atoms with Crippen molar-refractivity contribution in [2.45, 2.75) is 29.7 Å². The van der Waals surface area contributed by atoms with E-state index in [1.807, 2.05) is 24.3 Å². The maximum atomic E-state index is 11.7. The summed E-state index contributed by atoms with van der Waals surface area (Å²) in [6.45, 7) is 0. The molecule has 0 unspecified atom stereocenters. The molecule has 1 aliphatic carbocycles. The van der Waals surface area contributed by atoms with Crippen molar-refractivity contribution in [2.24, 2.45) is 0 Å². The number of rotatable bonds is 6. The lowest BCUT2D eigenvalue weighted by Crippen LogP contribution is -2.43. The molecule has 1 saturated carbocycles. The van der Waals surface area contributed by atoms with Crippen molar-refractivity contribution in [2.75, 3.05) is 5.75 Å². The monoisotopic (exact) mass is 343 g/mol. The molecule has 1 aromatic carbocycles. The second-order valence-corrected chi connectivity index (χ2v) is 6.46. The van der Waals surface area contributed by atoms with Crippen molar-refractivity contribution >= 4 is 39.6 Å². The number of aliphatic carboxylic acids is 1. The van der Waals surface area contributed by atoms with E-state index in [1.54, 1.807) is 11.8 Å². The first-order valence-electron chi connectivity index (χ1n) is 5.95. The third kappa shape index (κ3) is 3.73. The van der Waals surface area contributed by atoms with Gasteiger partial charge in [-0.25, -0.2) is 4.79 Å². The highest BCUT2D eigenvalue weighted by molar-refractivity contribution is 9.10. The van der Waals surface area contributed by atoms with E-state index in [9.17, 15) is 9.59 Å². The Hall–Kier alpha value is -1.01. The summed E-state index contributed by atoms with van der Waals surface area (Å²) < 4.78 is 1.00. The first kappa shape index (κ1) is 14.4. The second kappa shape index (κ2) is 5.96. The number of amides is 1. The molecule has 19 heavy (non-hydrogen) atoms. The zero-order valence-electron chi connectivity index (χ0n) is 10.2. The van der Waals surface area contributed by atoms with Crippen molar-refractivity contribution in [3.8, 4) is 0 Å². The molecule has 2 rings (SSSR count). The lowest BCUT2D eigenvalue weighted by molar-refractivity contribution is -0.143. The van der Waals surface area contributed by atoms with Crippen LogP contribution in [0.1, 0.15) is 19.3 Å². The number of thioether (sulfide) groups is 1. The summed E-state index contributed by atoms with van der Waals surface area (Å²) in [7, 11) is 0. The van der Waals surface area contributed by atoms with Crippen molar-refractivity contribution in [3.63, 3.8) is 0 Å². The van der Waals surface area contributed by atoms with Gasteiger partial charge in [-0.3, -0.25) is 4.79 Å². The van der Waals surface area contributed by atoms with E-state index < -0.39 is 11.5 Å². The molecule has 6 heteroatoms. The van der Waals surface area contributed by atoms with Crippen LogP contribution >= 0.6 is 27.7 Å². The van der Waals surface area contributed by atoms with Crippen LogP contribution in [0, 0.1) is 0 Å². The number of halogens is 1. The first-order chi connectivity index (χ1) is 9.03. The van der Waals surface area contributed by atoms with Crippen molar-refractivity contribution in [1.82, 2.24) is 5.32 Å². The summed E-state index contributed by atoms with van der Waals surface area (Å²) in [5.41, 5.74) is -0.977. The fourth-order valence-electron chi connectivity index (χ4n) is 1.66. The Morgan fingerprint density at radius 1 is 1.37 bits per heavy atom. The van der Waals surface area contributed by atoms with Crippen LogP contribution in [-0.2, 0) is 9.59 Å². The number of carboxylic acids is 1. The Balaban J connectivity index is 1.76.